The number of nitrogens with zero attached hydrogens (tertiary/aromatic N) is 3. The molecule has 6 nitrogen and oxygen atoms in total. The summed E-state index contributed by atoms with van der Waals surface area (Å²) in [5.41, 5.74) is 0.809. The number of rotatable bonds is 7. The minimum Gasteiger partial charge on any atom is -0.307 e. The van der Waals surface area contributed by atoms with Crippen molar-refractivity contribution in [1.82, 2.24) is 14.8 Å². The van der Waals surface area contributed by atoms with Crippen molar-refractivity contribution in [3.63, 3.8) is 0 Å². The minimum atomic E-state index is -3.38. The highest BCUT2D eigenvalue weighted by molar-refractivity contribution is 7.54. The van der Waals surface area contributed by atoms with E-state index in [9.17, 15) is 4.57 Å². The summed E-state index contributed by atoms with van der Waals surface area (Å²) in [5, 5.41) is 4.10. The Labute approximate surface area is 118 Å². The maximum absolute atomic E-state index is 13.1. The maximum Gasteiger partial charge on any atom is 0.359 e. The summed E-state index contributed by atoms with van der Waals surface area (Å²) in [4.78, 5) is 3.92. The first kappa shape index (κ1) is 14.9. The third-order valence-corrected chi connectivity index (χ3v) is 5.07. The molecule has 1 heterocycles. The van der Waals surface area contributed by atoms with Gasteiger partial charge in [-0.1, -0.05) is 30.3 Å². The van der Waals surface area contributed by atoms with Crippen molar-refractivity contribution in [1.29, 1.82) is 0 Å². The first-order valence-corrected chi connectivity index (χ1v) is 8.10. The summed E-state index contributed by atoms with van der Waals surface area (Å²) < 4.78 is 25.5. The largest absolute Gasteiger partial charge is 0.359 e. The van der Waals surface area contributed by atoms with Crippen LogP contribution in [0, 0.1) is 0 Å². The van der Waals surface area contributed by atoms with E-state index in [2.05, 4.69) is 10.1 Å². The molecule has 0 spiro atoms. The van der Waals surface area contributed by atoms with Crippen LogP contribution in [-0.4, -0.2) is 28.0 Å². The fraction of sp³-hybridized carbons (Fsp3) is 0.385. The Hall–Kier alpha value is -1.49. The molecular formula is C13H18N3O3P. The molecule has 0 radical (unpaired) electrons. The van der Waals surface area contributed by atoms with Crippen LogP contribution < -0.4 is 0 Å². The molecule has 2 rings (SSSR count). The lowest BCUT2D eigenvalue weighted by molar-refractivity contribution is 0.206. The monoisotopic (exact) mass is 295 g/mol. The zero-order chi connectivity index (χ0) is 14.4. The number of hydrogen-bond donors (Lipinski definition) is 0. The van der Waals surface area contributed by atoms with E-state index in [0.29, 0.717) is 13.2 Å². The standard InChI is InChI=1S/C13H18N3O3P/c1-3-18-20(17,19-4-2)13(16-11-14-10-15-16)12-8-6-5-7-9-12/h5-11,13H,3-4H2,1-2H3. The second kappa shape index (κ2) is 6.79. The summed E-state index contributed by atoms with van der Waals surface area (Å²) in [5.74, 6) is -0.633. The van der Waals surface area contributed by atoms with E-state index < -0.39 is 13.4 Å². The molecule has 0 amide bonds. The summed E-state index contributed by atoms with van der Waals surface area (Å²) in [6.45, 7) is 4.18. The normalized spacial score (nSPS) is 13.3. The van der Waals surface area contributed by atoms with E-state index in [1.807, 2.05) is 30.3 Å². The highest BCUT2D eigenvalue weighted by Gasteiger charge is 2.39. The van der Waals surface area contributed by atoms with E-state index in [1.54, 1.807) is 13.8 Å². The first-order chi connectivity index (χ1) is 9.71. The Bertz CT molecular complexity index is 550. The van der Waals surface area contributed by atoms with Crippen LogP contribution in [0.4, 0.5) is 0 Å². The lowest BCUT2D eigenvalue weighted by Crippen LogP contribution is -2.15. The quantitative estimate of drug-likeness (QED) is 0.734. The molecule has 0 aliphatic rings. The van der Waals surface area contributed by atoms with Crippen LogP contribution in [-0.2, 0) is 13.6 Å². The molecular weight excluding hydrogens is 277 g/mol. The van der Waals surface area contributed by atoms with Crippen LogP contribution in [0.3, 0.4) is 0 Å². The van der Waals surface area contributed by atoms with Crippen LogP contribution >= 0.6 is 7.60 Å². The van der Waals surface area contributed by atoms with Crippen LogP contribution in [0.15, 0.2) is 43.0 Å². The van der Waals surface area contributed by atoms with E-state index in [1.165, 1.54) is 17.3 Å². The van der Waals surface area contributed by atoms with Crippen LogP contribution in [0.2, 0.25) is 0 Å². The third-order valence-electron chi connectivity index (χ3n) is 2.70. The minimum absolute atomic E-state index is 0.301. The Morgan fingerprint density at radius 3 is 2.35 bits per heavy atom. The molecule has 108 valence electrons. The molecule has 0 aliphatic heterocycles. The molecule has 1 unspecified atom stereocenters. The van der Waals surface area contributed by atoms with Gasteiger partial charge in [-0.3, -0.25) is 4.57 Å². The first-order valence-electron chi connectivity index (χ1n) is 6.49. The molecule has 2 aromatic rings. The average Bonchev–Trinajstić information content (AvgIpc) is 2.94. The summed E-state index contributed by atoms with van der Waals surface area (Å²) in [6, 6.07) is 9.39. The summed E-state index contributed by atoms with van der Waals surface area (Å²) in [6.07, 6.45) is 2.92. The number of hydrogen-bond acceptors (Lipinski definition) is 5. The zero-order valence-corrected chi connectivity index (χ0v) is 12.4. The van der Waals surface area contributed by atoms with Crippen molar-refractivity contribution >= 4 is 7.60 Å². The van der Waals surface area contributed by atoms with Gasteiger partial charge in [-0.15, -0.1) is 0 Å². The maximum atomic E-state index is 13.1. The predicted molar refractivity (Wildman–Crippen MR) is 75.5 cm³/mol. The lowest BCUT2D eigenvalue weighted by Gasteiger charge is -2.26. The van der Waals surface area contributed by atoms with Crippen molar-refractivity contribution in [3.8, 4) is 0 Å². The van der Waals surface area contributed by atoms with Gasteiger partial charge in [0.05, 0.1) is 13.2 Å². The van der Waals surface area contributed by atoms with Gasteiger partial charge in [0.1, 0.15) is 12.7 Å². The molecule has 1 aromatic heterocycles. The molecule has 0 saturated carbocycles. The molecule has 7 heteroatoms. The molecule has 1 aromatic carbocycles. The molecule has 1 atom stereocenters. The number of aromatic nitrogens is 3. The van der Waals surface area contributed by atoms with Crippen molar-refractivity contribution in [2.24, 2.45) is 0 Å². The van der Waals surface area contributed by atoms with E-state index in [4.69, 9.17) is 9.05 Å². The van der Waals surface area contributed by atoms with Crippen molar-refractivity contribution in [3.05, 3.63) is 48.5 Å². The third kappa shape index (κ3) is 3.15. The van der Waals surface area contributed by atoms with Gasteiger partial charge in [0, 0.05) is 0 Å². The Kier molecular flexibility index (Phi) is 5.06. The van der Waals surface area contributed by atoms with Gasteiger partial charge in [0.25, 0.3) is 0 Å². The van der Waals surface area contributed by atoms with Crippen LogP contribution in [0.1, 0.15) is 25.2 Å². The predicted octanol–water partition coefficient (Wildman–Crippen LogP) is 3.09. The van der Waals surface area contributed by atoms with E-state index >= 15 is 0 Å². The fourth-order valence-electron chi connectivity index (χ4n) is 1.99. The Morgan fingerprint density at radius 2 is 1.85 bits per heavy atom. The van der Waals surface area contributed by atoms with Gasteiger partial charge in [-0.05, 0) is 19.4 Å². The SMILES string of the molecule is CCOP(=O)(OCC)C(c1ccccc1)n1cncn1. The smallest absolute Gasteiger partial charge is 0.307 e. The molecule has 0 N–H and O–H groups in total. The van der Waals surface area contributed by atoms with Crippen LogP contribution in [0.5, 0.6) is 0 Å². The Balaban J connectivity index is 2.48. The van der Waals surface area contributed by atoms with Gasteiger partial charge < -0.3 is 9.05 Å². The van der Waals surface area contributed by atoms with Gasteiger partial charge in [0.15, 0.2) is 5.78 Å². The highest BCUT2D eigenvalue weighted by Crippen LogP contribution is 2.61. The topological polar surface area (TPSA) is 66.2 Å². The van der Waals surface area contributed by atoms with Gasteiger partial charge in [-0.2, -0.15) is 5.10 Å². The molecule has 0 bridgehead atoms. The van der Waals surface area contributed by atoms with E-state index in [-0.39, 0.29) is 0 Å². The molecule has 20 heavy (non-hydrogen) atoms. The summed E-state index contributed by atoms with van der Waals surface area (Å²) in [7, 11) is -3.38. The Morgan fingerprint density at radius 1 is 1.20 bits per heavy atom. The van der Waals surface area contributed by atoms with Gasteiger partial charge >= 0.3 is 7.60 Å². The second-order valence-electron chi connectivity index (χ2n) is 4.04. The van der Waals surface area contributed by atoms with Crippen molar-refractivity contribution in [2.45, 2.75) is 19.6 Å². The number of benzene rings is 1. The molecule has 0 aliphatic carbocycles. The summed E-state index contributed by atoms with van der Waals surface area (Å²) >= 11 is 0. The second-order valence-corrected chi connectivity index (χ2v) is 6.12. The van der Waals surface area contributed by atoms with Crippen molar-refractivity contribution < 1.29 is 13.6 Å². The van der Waals surface area contributed by atoms with Crippen molar-refractivity contribution in [2.75, 3.05) is 13.2 Å². The van der Waals surface area contributed by atoms with E-state index in [0.717, 1.165) is 5.56 Å². The molecule has 0 fully saturated rings. The zero-order valence-electron chi connectivity index (χ0n) is 11.5. The fourth-order valence-corrected chi connectivity index (χ4v) is 4.01. The van der Waals surface area contributed by atoms with Gasteiger partial charge in [-0.25, -0.2) is 9.67 Å². The molecule has 0 saturated heterocycles. The highest BCUT2D eigenvalue weighted by atomic mass is 31.2. The van der Waals surface area contributed by atoms with Crippen LogP contribution in [0.25, 0.3) is 0 Å². The average molecular weight is 295 g/mol. The lowest BCUT2D eigenvalue weighted by atomic mass is 10.2. The van der Waals surface area contributed by atoms with Gasteiger partial charge in [0.2, 0.25) is 0 Å².